The van der Waals surface area contributed by atoms with Crippen molar-refractivity contribution in [1.29, 1.82) is 0 Å². The van der Waals surface area contributed by atoms with Crippen LogP contribution in [0, 0.1) is 11.6 Å². The van der Waals surface area contributed by atoms with E-state index in [0.717, 1.165) is 31.0 Å². The van der Waals surface area contributed by atoms with Crippen molar-refractivity contribution in [2.75, 3.05) is 25.6 Å². The minimum Gasteiger partial charge on any atom is -0.385 e. The van der Waals surface area contributed by atoms with Gasteiger partial charge in [0.05, 0.1) is 5.69 Å². The summed E-state index contributed by atoms with van der Waals surface area (Å²) in [6, 6.07) is 3.38. The number of hydrogen-bond acceptors (Lipinski definition) is 2. The van der Waals surface area contributed by atoms with E-state index in [1.807, 2.05) is 0 Å². The Labute approximate surface area is 88.3 Å². The van der Waals surface area contributed by atoms with E-state index in [2.05, 4.69) is 5.32 Å². The monoisotopic (exact) mass is 215 g/mol. The predicted octanol–water partition coefficient (Wildman–Crippen LogP) is 2.80. The molecule has 0 unspecified atom stereocenters. The fourth-order valence-electron chi connectivity index (χ4n) is 1.23. The molecule has 0 saturated heterocycles. The van der Waals surface area contributed by atoms with E-state index in [9.17, 15) is 8.78 Å². The number of benzene rings is 1. The highest BCUT2D eigenvalue weighted by molar-refractivity contribution is 5.44. The summed E-state index contributed by atoms with van der Waals surface area (Å²) in [6.07, 6.45) is 1.77. The van der Waals surface area contributed by atoms with Crippen LogP contribution in [0.25, 0.3) is 0 Å². The highest BCUT2D eigenvalue weighted by atomic mass is 19.1. The SMILES string of the molecule is COCCCCNc1cc(F)ccc1F. The van der Waals surface area contributed by atoms with E-state index in [4.69, 9.17) is 4.74 Å². The van der Waals surface area contributed by atoms with Crippen LogP contribution in [-0.2, 0) is 4.74 Å². The number of methoxy groups -OCH3 is 1. The van der Waals surface area contributed by atoms with Gasteiger partial charge in [-0.25, -0.2) is 8.78 Å². The topological polar surface area (TPSA) is 21.3 Å². The van der Waals surface area contributed by atoms with Crippen molar-refractivity contribution >= 4 is 5.69 Å². The van der Waals surface area contributed by atoms with E-state index >= 15 is 0 Å². The van der Waals surface area contributed by atoms with Gasteiger partial charge in [-0.3, -0.25) is 0 Å². The molecule has 1 N–H and O–H groups in total. The Morgan fingerprint density at radius 2 is 2.07 bits per heavy atom. The van der Waals surface area contributed by atoms with Crippen molar-refractivity contribution in [3.63, 3.8) is 0 Å². The summed E-state index contributed by atoms with van der Waals surface area (Å²) in [7, 11) is 1.64. The lowest BCUT2D eigenvalue weighted by molar-refractivity contribution is 0.194. The number of unbranched alkanes of at least 4 members (excludes halogenated alkanes) is 1. The third-order valence-corrected chi connectivity index (χ3v) is 2.02. The highest BCUT2D eigenvalue weighted by Gasteiger charge is 2.02. The molecule has 84 valence electrons. The number of rotatable bonds is 6. The molecular weight excluding hydrogens is 200 g/mol. The second kappa shape index (κ2) is 6.35. The van der Waals surface area contributed by atoms with Gasteiger partial charge in [-0.15, -0.1) is 0 Å². The van der Waals surface area contributed by atoms with E-state index in [1.54, 1.807) is 7.11 Å². The molecule has 0 aromatic heterocycles. The van der Waals surface area contributed by atoms with Crippen molar-refractivity contribution in [2.45, 2.75) is 12.8 Å². The molecule has 0 aliphatic carbocycles. The van der Waals surface area contributed by atoms with E-state index in [1.165, 1.54) is 0 Å². The van der Waals surface area contributed by atoms with Crippen LogP contribution >= 0.6 is 0 Å². The molecule has 0 aliphatic rings. The molecule has 1 aromatic carbocycles. The average Bonchev–Trinajstić information content (AvgIpc) is 2.23. The smallest absolute Gasteiger partial charge is 0.146 e. The number of ether oxygens (including phenoxy) is 1. The lowest BCUT2D eigenvalue weighted by atomic mass is 10.2. The van der Waals surface area contributed by atoms with Gasteiger partial charge >= 0.3 is 0 Å². The van der Waals surface area contributed by atoms with Gasteiger partial charge in [-0.05, 0) is 31.0 Å². The van der Waals surface area contributed by atoms with Gasteiger partial charge in [-0.1, -0.05) is 0 Å². The molecule has 4 heteroatoms. The minimum atomic E-state index is -0.434. The molecule has 0 radical (unpaired) electrons. The fraction of sp³-hybridized carbons (Fsp3) is 0.455. The third kappa shape index (κ3) is 4.25. The zero-order valence-electron chi connectivity index (χ0n) is 8.72. The summed E-state index contributed by atoms with van der Waals surface area (Å²) in [4.78, 5) is 0. The molecule has 0 spiro atoms. The molecular formula is C11H15F2NO. The van der Waals surface area contributed by atoms with Gasteiger partial charge in [0, 0.05) is 20.3 Å². The Hall–Kier alpha value is -1.16. The largest absolute Gasteiger partial charge is 0.385 e. The molecule has 2 nitrogen and oxygen atoms in total. The lowest BCUT2D eigenvalue weighted by Crippen LogP contribution is -2.04. The molecule has 0 fully saturated rings. The van der Waals surface area contributed by atoms with Crippen molar-refractivity contribution in [1.82, 2.24) is 0 Å². The van der Waals surface area contributed by atoms with E-state index in [0.29, 0.717) is 13.2 Å². The van der Waals surface area contributed by atoms with Crippen LogP contribution in [0.5, 0.6) is 0 Å². The fourth-order valence-corrected chi connectivity index (χ4v) is 1.23. The highest BCUT2D eigenvalue weighted by Crippen LogP contribution is 2.14. The molecule has 0 bridgehead atoms. The molecule has 0 saturated carbocycles. The molecule has 15 heavy (non-hydrogen) atoms. The van der Waals surface area contributed by atoms with Crippen LogP contribution in [-0.4, -0.2) is 20.3 Å². The van der Waals surface area contributed by atoms with Crippen molar-refractivity contribution < 1.29 is 13.5 Å². The maximum absolute atomic E-state index is 13.1. The third-order valence-electron chi connectivity index (χ3n) is 2.02. The molecule has 0 heterocycles. The summed E-state index contributed by atoms with van der Waals surface area (Å²) in [5.41, 5.74) is 0.215. The van der Waals surface area contributed by atoms with Gasteiger partial charge in [-0.2, -0.15) is 0 Å². The Bertz CT molecular complexity index is 305. The molecule has 0 aliphatic heterocycles. The van der Waals surface area contributed by atoms with Crippen LogP contribution in [0.4, 0.5) is 14.5 Å². The summed E-state index contributed by atoms with van der Waals surface area (Å²) >= 11 is 0. The van der Waals surface area contributed by atoms with Crippen LogP contribution in [0.15, 0.2) is 18.2 Å². The second-order valence-corrected chi connectivity index (χ2v) is 3.25. The lowest BCUT2D eigenvalue weighted by Gasteiger charge is -2.07. The first-order valence-electron chi connectivity index (χ1n) is 4.92. The van der Waals surface area contributed by atoms with Crippen LogP contribution < -0.4 is 5.32 Å². The number of anilines is 1. The average molecular weight is 215 g/mol. The zero-order valence-corrected chi connectivity index (χ0v) is 8.72. The standard InChI is InChI=1S/C11H15F2NO/c1-15-7-3-2-6-14-11-8-9(12)4-5-10(11)13/h4-5,8,14H,2-3,6-7H2,1H3. The summed E-state index contributed by atoms with van der Waals surface area (Å²) in [5, 5.41) is 2.84. The molecule has 1 aromatic rings. The van der Waals surface area contributed by atoms with Crippen molar-refractivity contribution in [3.05, 3.63) is 29.8 Å². The summed E-state index contributed by atoms with van der Waals surface area (Å²) in [6.45, 7) is 1.30. The maximum Gasteiger partial charge on any atom is 0.146 e. The molecule has 1 rings (SSSR count). The first-order valence-corrected chi connectivity index (χ1v) is 4.92. The quantitative estimate of drug-likeness (QED) is 0.737. The van der Waals surface area contributed by atoms with E-state index in [-0.39, 0.29) is 5.69 Å². The number of nitrogens with one attached hydrogen (secondary N) is 1. The van der Waals surface area contributed by atoms with Gasteiger partial charge in [0.2, 0.25) is 0 Å². The normalized spacial score (nSPS) is 10.3. The Morgan fingerprint density at radius 3 is 2.80 bits per heavy atom. The van der Waals surface area contributed by atoms with Gasteiger partial charge < -0.3 is 10.1 Å². The van der Waals surface area contributed by atoms with E-state index < -0.39 is 11.6 Å². The van der Waals surface area contributed by atoms with Gasteiger partial charge in [0.25, 0.3) is 0 Å². The first kappa shape index (κ1) is 11.9. The Morgan fingerprint density at radius 1 is 1.27 bits per heavy atom. The maximum atomic E-state index is 13.1. The number of hydrogen-bond donors (Lipinski definition) is 1. The van der Waals surface area contributed by atoms with Crippen molar-refractivity contribution in [2.24, 2.45) is 0 Å². The van der Waals surface area contributed by atoms with Crippen LogP contribution in [0.2, 0.25) is 0 Å². The predicted molar refractivity (Wildman–Crippen MR) is 56.0 cm³/mol. The van der Waals surface area contributed by atoms with Crippen LogP contribution in [0.1, 0.15) is 12.8 Å². The zero-order chi connectivity index (χ0) is 11.1. The van der Waals surface area contributed by atoms with Gasteiger partial charge in [0.15, 0.2) is 0 Å². The van der Waals surface area contributed by atoms with Crippen molar-refractivity contribution in [3.8, 4) is 0 Å². The molecule has 0 amide bonds. The minimum absolute atomic E-state index is 0.215. The Kier molecular flexibility index (Phi) is 5.04. The second-order valence-electron chi connectivity index (χ2n) is 3.25. The number of halogens is 2. The van der Waals surface area contributed by atoms with Gasteiger partial charge in [0.1, 0.15) is 11.6 Å². The summed E-state index contributed by atoms with van der Waals surface area (Å²) in [5.74, 6) is -0.862. The Balaban J connectivity index is 2.33. The molecule has 0 atom stereocenters. The first-order chi connectivity index (χ1) is 7.24. The van der Waals surface area contributed by atoms with Crippen LogP contribution in [0.3, 0.4) is 0 Å². The summed E-state index contributed by atoms with van der Waals surface area (Å²) < 4.78 is 30.7.